The number of alkyl halides is 3. The Morgan fingerprint density at radius 1 is 1.25 bits per heavy atom. The van der Waals surface area contributed by atoms with Crippen molar-refractivity contribution in [3.63, 3.8) is 0 Å². The van der Waals surface area contributed by atoms with E-state index in [1.165, 1.54) is 18.8 Å². The quantitative estimate of drug-likeness (QED) is 0.385. The predicted molar refractivity (Wildman–Crippen MR) is 101 cm³/mol. The van der Waals surface area contributed by atoms with Crippen LogP contribution >= 0.6 is 18.9 Å². The van der Waals surface area contributed by atoms with Gasteiger partial charge in [0.15, 0.2) is 7.29 Å². The first-order valence-electron chi connectivity index (χ1n) is 8.15. The Labute approximate surface area is 164 Å². The average molecular weight is 430 g/mol. The van der Waals surface area contributed by atoms with E-state index in [1.807, 2.05) is 25.1 Å². The molecule has 1 aromatic heterocycles. The van der Waals surface area contributed by atoms with Crippen molar-refractivity contribution in [1.29, 1.82) is 0 Å². The third kappa shape index (κ3) is 4.75. The number of hydrogen-bond donors (Lipinski definition) is 1. The van der Waals surface area contributed by atoms with Crippen molar-refractivity contribution in [2.45, 2.75) is 18.5 Å². The van der Waals surface area contributed by atoms with E-state index in [0.29, 0.717) is 5.69 Å². The molecule has 0 aliphatic heterocycles. The van der Waals surface area contributed by atoms with E-state index in [2.05, 4.69) is 19.8 Å². The molecule has 0 spiro atoms. The summed E-state index contributed by atoms with van der Waals surface area (Å²) in [6.07, 6.45) is -0.0370. The summed E-state index contributed by atoms with van der Waals surface area (Å²) in [5.74, 6) is -1.96. The zero-order chi connectivity index (χ0) is 20.5. The van der Waals surface area contributed by atoms with Crippen molar-refractivity contribution in [1.82, 2.24) is 10.1 Å². The van der Waals surface area contributed by atoms with Gasteiger partial charge in [0, 0.05) is 24.1 Å². The molecule has 0 amide bonds. The van der Waals surface area contributed by atoms with Gasteiger partial charge in [0.2, 0.25) is 5.82 Å². The minimum Gasteiger partial charge on any atom is -0.336 e. The van der Waals surface area contributed by atoms with E-state index in [0.717, 1.165) is 11.6 Å². The van der Waals surface area contributed by atoms with Gasteiger partial charge in [0.1, 0.15) is 5.82 Å². The molecule has 0 aliphatic rings. The van der Waals surface area contributed by atoms with E-state index in [9.17, 15) is 17.7 Å². The molecule has 0 saturated heterocycles. The second-order valence-corrected chi connectivity index (χ2v) is 9.63. The molecule has 1 atom stereocenters. The van der Waals surface area contributed by atoms with Crippen molar-refractivity contribution in [3.8, 4) is 11.4 Å². The number of aromatic nitrogens is 2. The van der Waals surface area contributed by atoms with Crippen LogP contribution in [0.3, 0.4) is 0 Å². The first-order valence-corrected chi connectivity index (χ1v) is 10.9. The van der Waals surface area contributed by atoms with Crippen LogP contribution in [0.15, 0.2) is 47.0 Å². The lowest BCUT2D eigenvalue weighted by molar-refractivity contribution is 0.0551. The van der Waals surface area contributed by atoms with Crippen LogP contribution in [-0.4, -0.2) is 16.8 Å². The fourth-order valence-electron chi connectivity index (χ4n) is 2.59. The van der Waals surface area contributed by atoms with Gasteiger partial charge in [0.05, 0.1) is 0 Å². The minimum atomic E-state index is -3.81. The van der Waals surface area contributed by atoms with Crippen molar-refractivity contribution >= 4 is 24.6 Å². The summed E-state index contributed by atoms with van der Waals surface area (Å²) in [5.41, 5.74) is 1.98. The van der Waals surface area contributed by atoms with Gasteiger partial charge in [-0.05, 0) is 41.8 Å². The Balaban J connectivity index is 1.80. The SMILES string of the molecule is Cc1ccccc1NP(C)(=O)Cc1ccc(-c2noc(C(F)(F)Cl)n2)cc1F. The lowest BCUT2D eigenvalue weighted by Crippen LogP contribution is -2.03. The summed E-state index contributed by atoms with van der Waals surface area (Å²) < 4.78 is 57.8. The van der Waals surface area contributed by atoms with E-state index < -0.39 is 24.4 Å². The highest BCUT2D eigenvalue weighted by Gasteiger charge is 2.35. The third-order valence-corrected chi connectivity index (χ3v) is 5.77. The maximum absolute atomic E-state index is 14.5. The maximum Gasteiger partial charge on any atom is 0.400 e. The van der Waals surface area contributed by atoms with E-state index in [1.54, 1.807) is 6.07 Å². The molecule has 2 aromatic carbocycles. The molecule has 28 heavy (non-hydrogen) atoms. The number of anilines is 1. The molecule has 10 heteroatoms. The van der Waals surface area contributed by atoms with Gasteiger partial charge in [0.25, 0.3) is 0 Å². The summed E-state index contributed by atoms with van der Waals surface area (Å²) in [7, 11) is -2.95. The van der Waals surface area contributed by atoms with Crippen LogP contribution in [0.2, 0.25) is 0 Å². The van der Waals surface area contributed by atoms with Gasteiger partial charge in [-0.25, -0.2) is 4.39 Å². The minimum absolute atomic E-state index is 0.0370. The van der Waals surface area contributed by atoms with Crippen LogP contribution in [0, 0.1) is 12.7 Å². The van der Waals surface area contributed by atoms with E-state index in [4.69, 9.17) is 11.6 Å². The molecule has 3 rings (SSSR count). The fraction of sp³-hybridized carbons (Fsp3) is 0.222. The van der Waals surface area contributed by atoms with E-state index in [-0.39, 0.29) is 23.1 Å². The summed E-state index contributed by atoms with van der Waals surface area (Å²) in [5, 5.41) is 2.55. The number of nitrogens with zero attached hydrogens (tertiary/aromatic N) is 2. The lowest BCUT2D eigenvalue weighted by atomic mass is 10.1. The van der Waals surface area contributed by atoms with Crippen molar-refractivity contribution in [2.75, 3.05) is 11.8 Å². The molecule has 1 N–H and O–H groups in total. The molecule has 3 aromatic rings. The summed E-state index contributed by atoms with van der Waals surface area (Å²) in [6, 6.07) is 11.3. The Hall–Kier alpha value is -2.31. The number of rotatable bonds is 6. The third-order valence-electron chi connectivity index (χ3n) is 3.95. The number of para-hydroxylation sites is 1. The Morgan fingerprint density at radius 2 is 1.96 bits per heavy atom. The van der Waals surface area contributed by atoms with Crippen molar-refractivity contribution < 1.29 is 22.3 Å². The van der Waals surface area contributed by atoms with Gasteiger partial charge < -0.3 is 14.2 Å². The molecule has 1 heterocycles. The highest BCUT2D eigenvalue weighted by Crippen LogP contribution is 2.46. The topological polar surface area (TPSA) is 68.0 Å². The summed E-state index contributed by atoms with van der Waals surface area (Å²) >= 11 is 4.82. The monoisotopic (exact) mass is 429 g/mol. The lowest BCUT2D eigenvalue weighted by Gasteiger charge is -2.18. The molecule has 1 unspecified atom stereocenters. The van der Waals surface area contributed by atoms with Crippen LogP contribution in [0.5, 0.6) is 0 Å². The van der Waals surface area contributed by atoms with Gasteiger partial charge in [-0.3, -0.25) is 0 Å². The number of hydrogen-bond acceptors (Lipinski definition) is 4. The zero-order valence-electron chi connectivity index (χ0n) is 14.9. The predicted octanol–water partition coefficient (Wildman–Crippen LogP) is 5.99. The highest BCUT2D eigenvalue weighted by molar-refractivity contribution is 7.63. The Bertz CT molecular complexity index is 1050. The standard InChI is InChI=1S/C18H16ClF3N3O2P/c1-11-5-3-4-6-15(11)25-28(2,26)10-13-8-7-12(9-14(13)20)16-23-17(27-24-16)18(19,21)22/h3-9H,10H2,1-2H3,(H,25,26). The first-order chi connectivity index (χ1) is 13.0. The van der Waals surface area contributed by atoms with Crippen LogP contribution in [0.4, 0.5) is 18.9 Å². The molecule has 0 radical (unpaired) electrons. The molecule has 0 aliphatic carbocycles. The normalized spacial score (nSPS) is 13.9. The first kappa shape index (κ1) is 20.4. The second-order valence-electron chi connectivity index (χ2n) is 6.41. The molecule has 0 fully saturated rings. The second kappa shape index (κ2) is 7.60. The largest absolute Gasteiger partial charge is 0.400 e. The van der Waals surface area contributed by atoms with Crippen LogP contribution in [0.25, 0.3) is 11.4 Å². The smallest absolute Gasteiger partial charge is 0.336 e. The van der Waals surface area contributed by atoms with Gasteiger partial charge in [-0.2, -0.15) is 13.8 Å². The number of nitrogens with one attached hydrogen (secondary N) is 1. The fourth-order valence-corrected chi connectivity index (χ4v) is 4.41. The van der Waals surface area contributed by atoms with Gasteiger partial charge >= 0.3 is 11.3 Å². The van der Waals surface area contributed by atoms with Crippen LogP contribution in [-0.2, 0) is 16.1 Å². The molecule has 5 nitrogen and oxygen atoms in total. The van der Waals surface area contributed by atoms with Gasteiger partial charge in [-0.1, -0.05) is 35.5 Å². The van der Waals surface area contributed by atoms with Crippen LogP contribution in [0.1, 0.15) is 17.0 Å². The number of halogens is 4. The van der Waals surface area contributed by atoms with E-state index >= 15 is 0 Å². The maximum atomic E-state index is 14.5. The zero-order valence-corrected chi connectivity index (χ0v) is 16.6. The number of aryl methyl sites for hydroxylation is 1. The average Bonchev–Trinajstić information content (AvgIpc) is 3.09. The Kier molecular flexibility index (Phi) is 5.55. The highest BCUT2D eigenvalue weighted by atomic mass is 35.5. The van der Waals surface area contributed by atoms with Crippen molar-refractivity contribution in [2.24, 2.45) is 0 Å². The van der Waals surface area contributed by atoms with Crippen molar-refractivity contribution in [3.05, 3.63) is 65.3 Å². The molecule has 0 bridgehead atoms. The summed E-state index contributed by atoms with van der Waals surface area (Å²) in [4.78, 5) is 3.47. The number of benzene rings is 2. The van der Waals surface area contributed by atoms with Gasteiger partial charge in [-0.15, -0.1) is 0 Å². The molecular weight excluding hydrogens is 414 g/mol. The molecular formula is C18H16ClF3N3O2P. The van der Waals surface area contributed by atoms with Crippen LogP contribution < -0.4 is 5.09 Å². The molecule has 148 valence electrons. The summed E-state index contributed by atoms with van der Waals surface area (Å²) in [6.45, 7) is 3.40. The molecule has 0 saturated carbocycles. The Morgan fingerprint density at radius 3 is 2.57 bits per heavy atom.